The summed E-state index contributed by atoms with van der Waals surface area (Å²) in [7, 11) is 1.68. The van der Waals surface area contributed by atoms with Crippen LogP contribution in [0, 0.1) is 13.8 Å². The normalized spacial score (nSPS) is 15.4. The monoisotopic (exact) mass is 368 g/mol. The molecule has 0 radical (unpaired) electrons. The maximum Gasteiger partial charge on any atom is 0.263 e. The Morgan fingerprint density at radius 2 is 1.70 bits per heavy atom. The molecule has 0 unspecified atom stereocenters. The molecule has 144 valence electrons. The maximum atomic E-state index is 12.8. The van der Waals surface area contributed by atoms with Crippen LogP contribution in [0.15, 0.2) is 42.5 Å². The fourth-order valence-corrected chi connectivity index (χ4v) is 3.36. The number of hydrogen-bond acceptors (Lipinski definition) is 4. The fraction of sp³-hybridized carbons (Fsp3) is 0.409. The first-order chi connectivity index (χ1) is 13.0. The van der Waals surface area contributed by atoms with Gasteiger partial charge in [-0.25, -0.2) is 0 Å². The van der Waals surface area contributed by atoms with Gasteiger partial charge in [0.05, 0.1) is 12.8 Å². The van der Waals surface area contributed by atoms with Gasteiger partial charge in [0.2, 0.25) is 0 Å². The van der Waals surface area contributed by atoms with Crippen molar-refractivity contribution in [1.29, 1.82) is 0 Å². The molecule has 1 atom stereocenters. The molecule has 0 bridgehead atoms. The van der Waals surface area contributed by atoms with Crippen molar-refractivity contribution in [3.05, 3.63) is 53.6 Å². The van der Waals surface area contributed by atoms with Crippen molar-refractivity contribution in [3.8, 4) is 11.5 Å². The van der Waals surface area contributed by atoms with E-state index in [1.165, 1.54) is 5.56 Å². The third-order valence-corrected chi connectivity index (χ3v) is 5.16. The summed E-state index contributed by atoms with van der Waals surface area (Å²) in [5, 5.41) is 0. The Hall–Kier alpha value is -2.69. The molecule has 0 aromatic heterocycles. The summed E-state index contributed by atoms with van der Waals surface area (Å²) in [6.07, 6.45) is -0.495. The zero-order chi connectivity index (χ0) is 19.4. The molecular formula is C22H28N2O3. The number of piperazine rings is 1. The highest BCUT2D eigenvalue weighted by Gasteiger charge is 2.27. The molecule has 1 fully saturated rings. The number of ether oxygens (including phenoxy) is 2. The minimum atomic E-state index is -0.495. The number of rotatable bonds is 5. The van der Waals surface area contributed by atoms with Crippen molar-refractivity contribution in [2.24, 2.45) is 0 Å². The first kappa shape index (κ1) is 19.1. The average Bonchev–Trinajstić information content (AvgIpc) is 2.70. The number of nitrogens with zero attached hydrogens (tertiary/aromatic N) is 2. The molecule has 1 saturated heterocycles. The molecular weight excluding hydrogens is 340 g/mol. The quantitative estimate of drug-likeness (QED) is 0.811. The van der Waals surface area contributed by atoms with Crippen LogP contribution in [0.5, 0.6) is 11.5 Å². The molecule has 1 heterocycles. The summed E-state index contributed by atoms with van der Waals surface area (Å²) < 4.78 is 11.3. The van der Waals surface area contributed by atoms with E-state index in [0.717, 1.165) is 35.8 Å². The number of carbonyl (C=O) groups is 1. The standard InChI is InChI=1S/C22H28N2O3/c1-16-9-10-19(15-17(16)2)27-18(3)22(25)24-13-11-23(12-14-24)20-7-5-6-8-21(20)26-4/h5-10,15,18H,11-14H2,1-4H3/t18-/m0/s1. The van der Waals surface area contributed by atoms with Gasteiger partial charge >= 0.3 is 0 Å². The van der Waals surface area contributed by atoms with Gasteiger partial charge in [-0.2, -0.15) is 0 Å². The first-order valence-electron chi connectivity index (χ1n) is 9.40. The third-order valence-electron chi connectivity index (χ3n) is 5.16. The smallest absolute Gasteiger partial charge is 0.263 e. The number of benzene rings is 2. The SMILES string of the molecule is COc1ccccc1N1CCN(C(=O)[C@H](C)Oc2ccc(C)c(C)c2)CC1. The van der Waals surface area contributed by atoms with Crippen LogP contribution >= 0.6 is 0 Å². The van der Waals surface area contributed by atoms with Gasteiger partial charge in [-0.3, -0.25) is 4.79 Å². The predicted octanol–water partition coefficient (Wildman–Crippen LogP) is 3.43. The van der Waals surface area contributed by atoms with Gasteiger partial charge in [0, 0.05) is 26.2 Å². The van der Waals surface area contributed by atoms with Gasteiger partial charge in [-0.05, 0) is 56.2 Å². The van der Waals surface area contributed by atoms with Crippen LogP contribution in [-0.4, -0.2) is 50.2 Å². The Labute approximate surface area is 161 Å². The summed E-state index contributed by atoms with van der Waals surface area (Å²) >= 11 is 0. The molecule has 27 heavy (non-hydrogen) atoms. The van der Waals surface area contributed by atoms with Crippen molar-refractivity contribution in [1.82, 2.24) is 4.90 Å². The molecule has 1 aliphatic rings. The highest BCUT2D eigenvalue weighted by Crippen LogP contribution is 2.28. The Morgan fingerprint density at radius 1 is 1.00 bits per heavy atom. The van der Waals surface area contributed by atoms with Gasteiger partial charge in [-0.1, -0.05) is 18.2 Å². The Bertz CT molecular complexity index is 798. The second kappa shape index (κ2) is 8.33. The second-order valence-electron chi connectivity index (χ2n) is 6.99. The van der Waals surface area contributed by atoms with E-state index in [1.54, 1.807) is 7.11 Å². The molecule has 0 spiro atoms. The van der Waals surface area contributed by atoms with Gasteiger partial charge in [0.15, 0.2) is 6.10 Å². The van der Waals surface area contributed by atoms with Gasteiger partial charge in [0.1, 0.15) is 11.5 Å². The Balaban J connectivity index is 1.58. The van der Waals surface area contributed by atoms with Crippen molar-refractivity contribution in [2.45, 2.75) is 26.9 Å². The average molecular weight is 368 g/mol. The Kier molecular flexibility index (Phi) is 5.89. The van der Waals surface area contributed by atoms with E-state index in [4.69, 9.17) is 9.47 Å². The van der Waals surface area contributed by atoms with E-state index in [1.807, 2.05) is 55.1 Å². The van der Waals surface area contributed by atoms with Crippen molar-refractivity contribution in [3.63, 3.8) is 0 Å². The molecule has 0 aliphatic carbocycles. The van der Waals surface area contributed by atoms with Crippen LogP contribution < -0.4 is 14.4 Å². The fourth-order valence-electron chi connectivity index (χ4n) is 3.36. The summed E-state index contributed by atoms with van der Waals surface area (Å²) in [6.45, 7) is 8.85. The number of amides is 1. The minimum absolute atomic E-state index is 0.0351. The largest absolute Gasteiger partial charge is 0.495 e. The lowest BCUT2D eigenvalue weighted by molar-refractivity contribution is -0.138. The van der Waals surface area contributed by atoms with Crippen LogP contribution in [0.1, 0.15) is 18.1 Å². The summed E-state index contributed by atoms with van der Waals surface area (Å²) in [5.41, 5.74) is 3.46. The highest BCUT2D eigenvalue weighted by molar-refractivity contribution is 5.81. The van der Waals surface area contributed by atoms with E-state index in [0.29, 0.717) is 13.1 Å². The lowest BCUT2D eigenvalue weighted by Gasteiger charge is -2.37. The van der Waals surface area contributed by atoms with E-state index in [2.05, 4.69) is 17.9 Å². The maximum absolute atomic E-state index is 12.8. The Morgan fingerprint density at radius 3 is 2.37 bits per heavy atom. The molecule has 5 heteroatoms. The zero-order valence-corrected chi connectivity index (χ0v) is 16.6. The van der Waals surface area contributed by atoms with E-state index in [-0.39, 0.29) is 5.91 Å². The molecule has 3 rings (SSSR count). The number of hydrogen-bond donors (Lipinski definition) is 0. The lowest BCUT2D eigenvalue weighted by atomic mass is 10.1. The summed E-state index contributed by atoms with van der Waals surface area (Å²) in [5.74, 6) is 1.64. The highest BCUT2D eigenvalue weighted by atomic mass is 16.5. The van der Waals surface area contributed by atoms with E-state index in [9.17, 15) is 4.79 Å². The van der Waals surface area contributed by atoms with Crippen LogP contribution in [-0.2, 0) is 4.79 Å². The number of para-hydroxylation sites is 2. The number of carbonyl (C=O) groups excluding carboxylic acids is 1. The summed E-state index contributed by atoms with van der Waals surface area (Å²) in [4.78, 5) is 16.9. The zero-order valence-electron chi connectivity index (χ0n) is 16.6. The summed E-state index contributed by atoms with van der Waals surface area (Å²) in [6, 6.07) is 13.9. The second-order valence-corrected chi connectivity index (χ2v) is 6.99. The van der Waals surface area contributed by atoms with Crippen molar-refractivity contribution < 1.29 is 14.3 Å². The number of methoxy groups -OCH3 is 1. The molecule has 0 saturated carbocycles. The van der Waals surface area contributed by atoms with Gasteiger partial charge in [-0.15, -0.1) is 0 Å². The van der Waals surface area contributed by atoms with Crippen LogP contribution in [0.25, 0.3) is 0 Å². The van der Waals surface area contributed by atoms with Crippen LogP contribution in [0.3, 0.4) is 0 Å². The number of aryl methyl sites for hydroxylation is 2. The molecule has 2 aromatic rings. The van der Waals surface area contributed by atoms with Crippen LogP contribution in [0.4, 0.5) is 5.69 Å². The van der Waals surface area contributed by atoms with Gasteiger partial charge in [0.25, 0.3) is 5.91 Å². The topological polar surface area (TPSA) is 42.0 Å². The van der Waals surface area contributed by atoms with E-state index >= 15 is 0 Å². The minimum Gasteiger partial charge on any atom is -0.495 e. The van der Waals surface area contributed by atoms with Crippen molar-refractivity contribution >= 4 is 11.6 Å². The molecule has 2 aromatic carbocycles. The van der Waals surface area contributed by atoms with E-state index < -0.39 is 6.10 Å². The lowest BCUT2D eigenvalue weighted by Crippen LogP contribution is -2.52. The van der Waals surface area contributed by atoms with Crippen molar-refractivity contribution in [2.75, 3.05) is 38.2 Å². The van der Waals surface area contributed by atoms with Gasteiger partial charge < -0.3 is 19.3 Å². The molecule has 1 aliphatic heterocycles. The molecule has 1 amide bonds. The predicted molar refractivity (Wildman–Crippen MR) is 108 cm³/mol. The third kappa shape index (κ3) is 4.35. The number of anilines is 1. The first-order valence-corrected chi connectivity index (χ1v) is 9.40. The molecule has 5 nitrogen and oxygen atoms in total. The van der Waals surface area contributed by atoms with Crippen LogP contribution in [0.2, 0.25) is 0 Å². The molecule has 0 N–H and O–H groups in total.